The van der Waals surface area contributed by atoms with Crippen molar-refractivity contribution < 1.29 is 9.50 Å². The Kier molecular flexibility index (Phi) is 4.72. The number of nitrogens with one attached hydrogen (secondary N) is 1. The highest BCUT2D eigenvalue weighted by atomic mass is 19.1. The molecule has 5 heterocycles. The summed E-state index contributed by atoms with van der Waals surface area (Å²) in [5.41, 5.74) is 3.36. The molecule has 8 nitrogen and oxygen atoms in total. The summed E-state index contributed by atoms with van der Waals surface area (Å²) in [4.78, 5) is 15.5. The van der Waals surface area contributed by atoms with Crippen LogP contribution in [0.1, 0.15) is 19.3 Å². The van der Waals surface area contributed by atoms with Gasteiger partial charge in [-0.3, -0.25) is 4.98 Å². The molecule has 168 valence electrons. The number of phenols is 1. The van der Waals surface area contributed by atoms with Gasteiger partial charge in [-0.05, 0) is 43.5 Å². The quantitative estimate of drug-likeness (QED) is 0.498. The molecule has 2 unspecified atom stereocenters. The topological polar surface area (TPSA) is 91.5 Å². The van der Waals surface area contributed by atoms with Gasteiger partial charge in [0, 0.05) is 36.5 Å². The Morgan fingerprint density at radius 3 is 2.85 bits per heavy atom. The number of piperidine rings is 1. The average molecular weight is 446 g/mol. The summed E-state index contributed by atoms with van der Waals surface area (Å²) in [6.07, 6.45) is 8.54. The molecule has 2 N–H and O–H groups in total. The summed E-state index contributed by atoms with van der Waals surface area (Å²) in [6.45, 7) is 0. The first kappa shape index (κ1) is 20.0. The Bertz CT molecular complexity index is 1270. The number of halogens is 1. The maximum Gasteiger partial charge on any atom is 0.154 e. The number of anilines is 1. The van der Waals surface area contributed by atoms with Crippen LogP contribution in [0.5, 0.6) is 5.75 Å². The van der Waals surface area contributed by atoms with E-state index in [1.165, 1.54) is 0 Å². The fourth-order valence-corrected chi connectivity index (χ4v) is 5.04. The Labute approximate surface area is 190 Å². The number of alkyl halides is 1. The van der Waals surface area contributed by atoms with Gasteiger partial charge in [0.15, 0.2) is 5.65 Å². The Balaban J connectivity index is 1.23. The lowest BCUT2D eigenvalue weighted by Gasteiger charge is -2.38. The molecule has 0 spiro atoms. The Morgan fingerprint density at radius 2 is 2.06 bits per heavy atom. The van der Waals surface area contributed by atoms with Crippen LogP contribution in [0, 0.1) is 0 Å². The van der Waals surface area contributed by atoms with E-state index in [0.717, 1.165) is 36.2 Å². The summed E-state index contributed by atoms with van der Waals surface area (Å²) < 4.78 is 16.6. The molecule has 2 saturated heterocycles. The minimum absolute atomic E-state index is 0.0671. The lowest BCUT2D eigenvalue weighted by Crippen LogP contribution is -2.55. The van der Waals surface area contributed by atoms with E-state index in [1.807, 2.05) is 36.3 Å². The van der Waals surface area contributed by atoms with Crippen molar-refractivity contribution in [3.8, 4) is 28.3 Å². The van der Waals surface area contributed by atoms with Crippen molar-refractivity contribution in [1.82, 2.24) is 29.9 Å². The lowest BCUT2D eigenvalue weighted by molar-refractivity contribution is 0.176. The monoisotopic (exact) mass is 445 g/mol. The molecule has 6 rings (SSSR count). The van der Waals surface area contributed by atoms with Crippen molar-refractivity contribution in [2.45, 2.75) is 43.6 Å². The molecule has 2 fully saturated rings. The van der Waals surface area contributed by atoms with Gasteiger partial charge in [0.05, 0.1) is 36.0 Å². The molecule has 2 aliphatic rings. The molecule has 0 radical (unpaired) electrons. The van der Waals surface area contributed by atoms with E-state index in [-0.39, 0.29) is 17.8 Å². The number of aromatic nitrogens is 5. The minimum atomic E-state index is -0.929. The number of imidazole rings is 1. The van der Waals surface area contributed by atoms with Gasteiger partial charge in [-0.1, -0.05) is 6.07 Å². The highest BCUT2D eigenvalue weighted by Crippen LogP contribution is 2.35. The zero-order valence-corrected chi connectivity index (χ0v) is 18.1. The fraction of sp³-hybridized carbons (Fsp3) is 0.333. The molecule has 2 aliphatic heterocycles. The Morgan fingerprint density at radius 1 is 1.15 bits per heavy atom. The molecule has 0 amide bonds. The van der Waals surface area contributed by atoms with Crippen LogP contribution < -0.4 is 10.2 Å². The van der Waals surface area contributed by atoms with Gasteiger partial charge >= 0.3 is 0 Å². The van der Waals surface area contributed by atoms with Crippen LogP contribution >= 0.6 is 0 Å². The van der Waals surface area contributed by atoms with Gasteiger partial charge in [0.2, 0.25) is 0 Å². The van der Waals surface area contributed by atoms with Crippen molar-refractivity contribution >= 4 is 11.5 Å². The van der Waals surface area contributed by atoms with Crippen molar-refractivity contribution in [1.29, 1.82) is 0 Å². The van der Waals surface area contributed by atoms with Gasteiger partial charge in [0.1, 0.15) is 17.7 Å². The van der Waals surface area contributed by atoms with E-state index >= 15 is 0 Å². The van der Waals surface area contributed by atoms with E-state index in [9.17, 15) is 9.50 Å². The smallest absolute Gasteiger partial charge is 0.154 e. The largest absolute Gasteiger partial charge is 0.507 e. The fourth-order valence-electron chi connectivity index (χ4n) is 5.04. The Hall–Kier alpha value is -3.59. The third kappa shape index (κ3) is 3.48. The van der Waals surface area contributed by atoms with Gasteiger partial charge < -0.3 is 15.3 Å². The first-order valence-electron chi connectivity index (χ1n) is 11.2. The molecular weight excluding hydrogens is 421 g/mol. The summed E-state index contributed by atoms with van der Waals surface area (Å²) in [5, 5.41) is 18.3. The van der Waals surface area contributed by atoms with Crippen LogP contribution in [-0.2, 0) is 0 Å². The second kappa shape index (κ2) is 7.77. The summed E-state index contributed by atoms with van der Waals surface area (Å²) in [7, 11) is 1.88. The zero-order valence-electron chi connectivity index (χ0n) is 18.1. The van der Waals surface area contributed by atoms with Crippen LogP contribution in [-0.4, -0.2) is 61.0 Å². The summed E-state index contributed by atoms with van der Waals surface area (Å²) >= 11 is 0. The standard InChI is InChI=1S/C24H24FN7O/c1-31(20-10-15-5-7-17(29-15)24(20)25)23-12-26-18(11-27-23)16-6-4-14(9-21(16)33)19-13-32-22(30-19)3-2-8-28-32/h2-4,6,8-9,11-13,15,17,20,24,29,33H,5,7,10H2,1H3/t15?,17?,20-,24+/m1/s1. The number of nitrogens with zero attached hydrogens (tertiary/aromatic N) is 6. The number of hydrogen-bond acceptors (Lipinski definition) is 7. The zero-order chi connectivity index (χ0) is 22.5. The van der Waals surface area contributed by atoms with Gasteiger partial charge in [-0.25, -0.2) is 18.9 Å². The van der Waals surface area contributed by atoms with Gasteiger partial charge in [-0.2, -0.15) is 5.10 Å². The number of hydrogen-bond donors (Lipinski definition) is 2. The molecule has 1 aromatic carbocycles. The SMILES string of the molecule is CN(c1cnc(-c2ccc(-c3cn4ncccc4n3)cc2O)cn1)[C@@H]1CC2CCC(N2)[C@@H]1F. The van der Waals surface area contributed by atoms with Crippen molar-refractivity contribution in [3.63, 3.8) is 0 Å². The number of fused-ring (bicyclic) bond motifs is 3. The number of rotatable bonds is 4. The van der Waals surface area contributed by atoms with E-state index in [4.69, 9.17) is 0 Å². The average Bonchev–Trinajstić information content (AvgIpc) is 3.46. The van der Waals surface area contributed by atoms with Crippen LogP contribution in [0.2, 0.25) is 0 Å². The summed E-state index contributed by atoms with van der Waals surface area (Å²) in [6, 6.07) is 9.15. The van der Waals surface area contributed by atoms with E-state index in [0.29, 0.717) is 23.1 Å². The van der Waals surface area contributed by atoms with E-state index in [1.54, 1.807) is 35.2 Å². The highest BCUT2D eigenvalue weighted by Gasteiger charge is 2.43. The molecule has 4 atom stereocenters. The third-order valence-corrected chi connectivity index (χ3v) is 6.86. The van der Waals surface area contributed by atoms with E-state index < -0.39 is 6.17 Å². The maximum atomic E-state index is 14.9. The molecule has 0 aliphatic carbocycles. The molecule has 9 heteroatoms. The maximum absolute atomic E-state index is 14.9. The van der Waals surface area contributed by atoms with E-state index in [2.05, 4.69) is 25.4 Å². The number of aromatic hydroxyl groups is 1. The summed E-state index contributed by atoms with van der Waals surface area (Å²) in [5.74, 6) is 0.715. The first-order valence-corrected chi connectivity index (χ1v) is 11.2. The van der Waals surface area contributed by atoms with Crippen LogP contribution in [0.15, 0.2) is 55.1 Å². The van der Waals surface area contributed by atoms with Crippen LogP contribution in [0.3, 0.4) is 0 Å². The number of phenolic OH excluding ortho intramolecular Hbond substituents is 1. The molecule has 2 bridgehead atoms. The predicted molar refractivity (Wildman–Crippen MR) is 123 cm³/mol. The molecule has 33 heavy (non-hydrogen) atoms. The van der Waals surface area contributed by atoms with Crippen molar-refractivity contribution in [3.05, 3.63) is 55.1 Å². The second-order valence-electron chi connectivity index (χ2n) is 8.85. The van der Waals surface area contributed by atoms with Crippen molar-refractivity contribution in [2.75, 3.05) is 11.9 Å². The number of benzene rings is 1. The van der Waals surface area contributed by atoms with Gasteiger partial charge in [-0.15, -0.1) is 0 Å². The molecular formula is C24H24FN7O. The normalized spacial score (nSPS) is 24.3. The van der Waals surface area contributed by atoms with Gasteiger partial charge in [0.25, 0.3) is 0 Å². The third-order valence-electron chi connectivity index (χ3n) is 6.86. The molecule has 0 saturated carbocycles. The van der Waals surface area contributed by atoms with Crippen molar-refractivity contribution in [2.24, 2.45) is 0 Å². The molecule has 4 aromatic rings. The van der Waals surface area contributed by atoms with Crippen LogP contribution in [0.4, 0.5) is 10.2 Å². The van der Waals surface area contributed by atoms with Crippen LogP contribution in [0.25, 0.3) is 28.2 Å². The predicted octanol–water partition coefficient (Wildman–Crippen LogP) is 3.23. The molecule has 3 aromatic heterocycles. The lowest BCUT2D eigenvalue weighted by atomic mass is 9.96. The highest BCUT2D eigenvalue weighted by molar-refractivity contribution is 5.73. The minimum Gasteiger partial charge on any atom is -0.507 e. The second-order valence-corrected chi connectivity index (χ2v) is 8.85. The first-order chi connectivity index (χ1) is 16.1.